The fourth-order valence-electron chi connectivity index (χ4n) is 1.51. The number of carbonyl (C=O) groups is 1. The number of carbonyl (C=O) groups excluding carboxylic acids is 1. The molecular weight excluding hydrogens is 354 g/mol. The van der Waals surface area contributed by atoms with Gasteiger partial charge in [-0.1, -0.05) is 60.6 Å². The average molecular weight is 370 g/mol. The van der Waals surface area contributed by atoms with Gasteiger partial charge in [-0.3, -0.25) is 4.79 Å². The van der Waals surface area contributed by atoms with Gasteiger partial charge in [-0.25, -0.2) is 4.98 Å². The molecule has 0 bridgehead atoms. The highest BCUT2D eigenvalue weighted by Crippen LogP contribution is 2.29. The first-order valence-corrected chi connectivity index (χ1v) is 8.89. The van der Waals surface area contributed by atoms with E-state index in [0.29, 0.717) is 5.75 Å². The highest BCUT2D eigenvalue weighted by atomic mass is 79.9. The van der Waals surface area contributed by atoms with E-state index in [4.69, 9.17) is 0 Å². The van der Waals surface area contributed by atoms with Gasteiger partial charge in [0.05, 0.1) is 11.4 Å². The summed E-state index contributed by atoms with van der Waals surface area (Å²) in [5, 5.41) is 2.08. The van der Waals surface area contributed by atoms with Gasteiger partial charge in [0.25, 0.3) is 0 Å². The molecule has 106 valence electrons. The number of rotatable bonds is 4. The Balaban J connectivity index is 1.97. The molecule has 20 heavy (non-hydrogen) atoms. The van der Waals surface area contributed by atoms with Crippen molar-refractivity contribution in [2.24, 2.45) is 0 Å². The van der Waals surface area contributed by atoms with E-state index in [0.717, 1.165) is 20.1 Å². The minimum absolute atomic E-state index is 0.0605. The van der Waals surface area contributed by atoms with Crippen LogP contribution in [0.3, 0.4) is 0 Å². The van der Waals surface area contributed by atoms with E-state index < -0.39 is 0 Å². The molecular formula is C15H16BrNOS2. The second kappa shape index (κ2) is 6.41. The molecule has 0 amide bonds. The van der Waals surface area contributed by atoms with E-state index >= 15 is 0 Å². The predicted molar refractivity (Wildman–Crippen MR) is 90.0 cm³/mol. The SMILES string of the molecule is CC(C)(C)c1csc(SCC(=O)c2ccc(Br)cc2)n1. The Hall–Kier alpha value is -0.650. The first kappa shape index (κ1) is 15.7. The molecule has 1 heterocycles. The number of thioether (sulfide) groups is 1. The molecule has 2 nitrogen and oxygen atoms in total. The van der Waals surface area contributed by atoms with Crippen LogP contribution in [-0.2, 0) is 5.41 Å². The van der Waals surface area contributed by atoms with Crippen molar-refractivity contribution >= 4 is 44.8 Å². The normalized spacial score (nSPS) is 11.6. The molecule has 0 atom stereocenters. The Morgan fingerprint density at radius 1 is 1.30 bits per heavy atom. The topological polar surface area (TPSA) is 30.0 Å². The Morgan fingerprint density at radius 3 is 2.50 bits per heavy atom. The Morgan fingerprint density at radius 2 is 1.95 bits per heavy atom. The number of Topliss-reactive ketones (excluding diaryl/α,β-unsaturated/α-hetero) is 1. The summed E-state index contributed by atoms with van der Waals surface area (Å²) < 4.78 is 1.94. The number of thiazole rings is 1. The van der Waals surface area contributed by atoms with Crippen LogP contribution < -0.4 is 0 Å². The summed E-state index contributed by atoms with van der Waals surface area (Å²) in [5.74, 6) is 0.564. The maximum atomic E-state index is 12.1. The number of hydrogen-bond acceptors (Lipinski definition) is 4. The molecule has 0 saturated carbocycles. The monoisotopic (exact) mass is 369 g/mol. The zero-order chi connectivity index (χ0) is 14.8. The van der Waals surface area contributed by atoms with Crippen molar-refractivity contribution < 1.29 is 4.79 Å². The van der Waals surface area contributed by atoms with Gasteiger partial charge < -0.3 is 0 Å². The zero-order valence-electron chi connectivity index (χ0n) is 11.6. The number of ketones is 1. The van der Waals surface area contributed by atoms with E-state index in [1.807, 2.05) is 24.3 Å². The van der Waals surface area contributed by atoms with Crippen molar-refractivity contribution in [2.75, 3.05) is 5.75 Å². The van der Waals surface area contributed by atoms with Crippen LogP contribution in [0, 0.1) is 0 Å². The van der Waals surface area contributed by atoms with Crippen LogP contribution in [0.4, 0.5) is 0 Å². The van der Waals surface area contributed by atoms with Gasteiger partial charge in [0.15, 0.2) is 10.1 Å². The number of benzene rings is 1. The van der Waals surface area contributed by atoms with E-state index in [1.165, 1.54) is 11.8 Å². The van der Waals surface area contributed by atoms with E-state index in [1.54, 1.807) is 11.3 Å². The molecule has 0 aliphatic carbocycles. The average Bonchev–Trinajstić information content (AvgIpc) is 2.85. The molecule has 0 saturated heterocycles. The minimum Gasteiger partial charge on any atom is -0.293 e. The maximum Gasteiger partial charge on any atom is 0.173 e. The van der Waals surface area contributed by atoms with Crippen molar-refractivity contribution in [3.8, 4) is 0 Å². The summed E-state index contributed by atoms with van der Waals surface area (Å²) in [6.45, 7) is 6.43. The Labute approximate surface area is 136 Å². The second-order valence-electron chi connectivity index (χ2n) is 5.47. The molecule has 2 rings (SSSR count). The molecule has 0 spiro atoms. The summed E-state index contributed by atoms with van der Waals surface area (Å²) in [5.41, 5.74) is 1.89. The first-order chi connectivity index (χ1) is 9.36. The highest BCUT2D eigenvalue weighted by Gasteiger charge is 2.18. The molecule has 1 aromatic heterocycles. The van der Waals surface area contributed by atoms with Crippen LogP contribution >= 0.6 is 39.0 Å². The van der Waals surface area contributed by atoms with Gasteiger partial charge in [0, 0.05) is 20.8 Å². The number of aromatic nitrogens is 1. The summed E-state index contributed by atoms with van der Waals surface area (Å²) in [4.78, 5) is 16.7. The number of hydrogen-bond donors (Lipinski definition) is 0. The largest absolute Gasteiger partial charge is 0.293 e. The summed E-state index contributed by atoms with van der Waals surface area (Å²) in [6, 6.07) is 7.46. The lowest BCUT2D eigenvalue weighted by atomic mass is 9.93. The van der Waals surface area contributed by atoms with Crippen LogP contribution in [0.1, 0.15) is 36.8 Å². The van der Waals surface area contributed by atoms with Crippen LogP contribution in [0.15, 0.2) is 38.5 Å². The first-order valence-electron chi connectivity index (χ1n) is 6.24. The van der Waals surface area contributed by atoms with Gasteiger partial charge in [-0.15, -0.1) is 11.3 Å². The second-order valence-corrected chi connectivity index (χ2v) is 8.46. The summed E-state index contributed by atoms with van der Waals surface area (Å²) in [6.07, 6.45) is 0. The zero-order valence-corrected chi connectivity index (χ0v) is 14.9. The van der Waals surface area contributed by atoms with E-state index in [9.17, 15) is 4.79 Å². The van der Waals surface area contributed by atoms with Gasteiger partial charge in [-0.05, 0) is 12.1 Å². The predicted octanol–water partition coefficient (Wildman–Crippen LogP) is 5.18. The van der Waals surface area contributed by atoms with Crippen LogP contribution in [0.2, 0.25) is 0 Å². The van der Waals surface area contributed by atoms with Gasteiger partial charge in [0.1, 0.15) is 0 Å². The lowest BCUT2D eigenvalue weighted by Crippen LogP contribution is -2.11. The summed E-state index contributed by atoms with van der Waals surface area (Å²) >= 11 is 6.49. The molecule has 0 fully saturated rings. The van der Waals surface area contributed by atoms with Crippen molar-refractivity contribution in [2.45, 2.75) is 30.5 Å². The molecule has 0 aliphatic rings. The maximum absolute atomic E-state index is 12.1. The number of nitrogens with zero attached hydrogens (tertiary/aromatic N) is 1. The van der Waals surface area contributed by atoms with Gasteiger partial charge >= 0.3 is 0 Å². The van der Waals surface area contributed by atoms with Crippen LogP contribution in [0.5, 0.6) is 0 Å². The summed E-state index contributed by atoms with van der Waals surface area (Å²) in [7, 11) is 0. The van der Waals surface area contributed by atoms with Crippen molar-refractivity contribution in [1.82, 2.24) is 4.98 Å². The molecule has 0 unspecified atom stereocenters. The van der Waals surface area contributed by atoms with Gasteiger partial charge in [0.2, 0.25) is 0 Å². The Kier molecular flexibility index (Phi) is 5.04. The third-order valence-corrected chi connectivity index (χ3v) is 5.29. The van der Waals surface area contributed by atoms with Gasteiger partial charge in [-0.2, -0.15) is 0 Å². The third kappa shape index (κ3) is 4.17. The lowest BCUT2D eigenvalue weighted by molar-refractivity contribution is 0.102. The third-order valence-electron chi connectivity index (χ3n) is 2.74. The van der Waals surface area contributed by atoms with Crippen LogP contribution in [0.25, 0.3) is 0 Å². The van der Waals surface area contributed by atoms with E-state index in [-0.39, 0.29) is 11.2 Å². The van der Waals surface area contributed by atoms with Crippen molar-refractivity contribution in [1.29, 1.82) is 0 Å². The minimum atomic E-state index is 0.0605. The van der Waals surface area contributed by atoms with Crippen molar-refractivity contribution in [3.63, 3.8) is 0 Å². The molecule has 2 aromatic rings. The lowest BCUT2D eigenvalue weighted by Gasteiger charge is -2.14. The molecule has 0 radical (unpaired) electrons. The quantitative estimate of drug-likeness (QED) is 0.549. The standard InChI is InChI=1S/C15H16BrNOS2/c1-15(2,3)13-9-20-14(17-13)19-8-12(18)10-4-6-11(16)7-5-10/h4-7,9H,8H2,1-3H3. The smallest absolute Gasteiger partial charge is 0.173 e. The Bertz CT molecular complexity index is 599. The molecule has 5 heteroatoms. The highest BCUT2D eigenvalue weighted by molar-refractivity contribution is 9.10. The van der Waals surface area contributed by atoms with Crippen molar-refractivity contribution in [3.05, 3.63) is 45.4 Å². The molecule has 0 aliphatic heterocycles. The number of halogens is 1. The van der Waals surface area contributed by atoms with Crippen LogP contribution in [-0.4, -0.2) is 16.5 Å². The molecule has 0 N–H and O–H groups in total. The van der Waals surface area contributed by atoms with E-state index in [2.05, 4.69) is 47.1 Å². The molecule has 1 aromatic carbocycles. The fraction of sp³-hybridized carbons (Fsp3) is 0.333. The fourth-order valence-corrected chi connectivity index (χ4v) is 3.73.